The number of esters is 1. The highest BCUT2D eigenvalue weighted by molar-refractivity contribution is 5.87. The molecule has 1 aromatic heterocycles. The number of ether oxygens (including phenoxy) is 1. The van der Waals surface area contributed by atoms with Crippen molar-refractivity contribution in [3.63, 3.8) is 0 Å². The normalized spacial score (nSPS) is 13.5. The van der Waals surface area contributed by atoms with E-state index in [-0.39, 0.29) is 12.0 Å². The lowest BCUT2D eigenvalue weighted by molar-refractivity contribution is -0.146. The number of methoxy groups -OCH3 is 1. The van der Waals surface area contributed by atoms with Crippen LogP contribution in [-0.4, -0.2) is 35.1 Å². The number of nitrogens with zero attached hydrogens (tertiary/aromatic N) is 1. The van der Waals surface area contributed by atoms with Crippen LogP contribution < -0.4 is 5.32 Å². The van der Waals surface area contributed by atoms with Crippen LogP contribution in [0.1, 0.15) is 22.9 Å². The van der Waals surface area contributed by atoms with Gasteiger partial charge in [0.1, 0.15) is 6.04 Å². The first kappa shape index (κ1) is 22.2. The van der Waals surface area contributed by atoms with Crippen LogP contribution in [-0.2, 0) is 26.9 Å². The topological polar surface area (TPSA) is 88.5 Å². The molecule has 0 spiro atoms. The highest BCUT2D eigenvalue weighted by atomic mass is 19.4. The summed E-state index contributed by atoms with van der Waals surface area (Å²) in [5, 5.41) is 13.5. The molecule has 0 radical (unpaired) electrons. The number of pyridine rings is 1. The lowest BCUT2D eigenvalue weighted by atomic mass is 10.0. The Morgan fingerprint density at radius 3 is 2.39 bits per heavy atom. The van der Waals surface area contributed by atoms with Crippen molar-refractivity contribution in [2.75, 3.05) is 7.11 Å². The maximum absolute atomic E-state index is 12.7. The number of benzene rings is 2. The Morgan fingerprint density at radius 2 is 1.74 bits per heavy atom. The number of aliphatic hydroxyl groups is 1. The van der Waals surface area contributed by atoms with Gasteiger partial charge < -0.3 is 15.2 Å². The molecule has 6 nitrogen and oxygen atoms in total. The van der Waals surface area contributed by atoms with Crippen molar-refractivity contribution in [2.45, 2.75) is 24.7 Å². The number of hydrogen-bond donors (Lipinski definition) is 2. The van der Waals surface area contributed by atoms with E-state index in [1.165, 1.54) is 0 Å². The lowest BCUT2D eigenvalue weighted by Crippen LogP contribution is -2.45. The van der Waals surface area contributed by atoms with E-state index in [9.17, 15) is 27.9 Å². The van der Waals surface area contributed by atoms with Crippen LogP contribution >= 0.6 is 0 Å². The minimum Gasteiger partial charge on any atom is -0.467 e. The molecular weight excluding hydrogens is 413 g/mol. The standard InChI is InChI=1S/C22H19F3N2O4/c1-31-21(30)18(12-16-11-8-13-4-2-3-5-17(13)26-16)27-20(29)19(28)14-6-9-15(10-7-14)22(23,24)25/h2-11,18-19,28H,12H2,1H3,(H,27,29)/t18-,19+/m0/s1. The van der Waals surface area contributed by atoms with Crippen molar-refractivity contribution in [3.8, 4) is 0 Å². The summed E-state index contributed by atoms with van der Waals surface area (Å²) >= 11 is 0. The van der Waals surface area contributed by atoms with E-state index in [2.05, 4.69) is 10.3 Å². The van der Waals surface area contributed by atoms with Crippen LogP contribution in [0, 0.1) is 0 Å². The summed E-state index contributed by atoms with van der Waals surface area (Å²) in [5.41, 5.74) is 0.273. The third-order valence-electron chi connectivity index (χ3n) is 4.67. The first-order chi connectivity index (χ1) is 14.7. The first-order valence-corrected chi connectivity index (χ1v) is 9.27. The van der Waals surface area contributed by atoms with Crippen molar-refractivity contribution in [3.05, 3.63) is 77.5 Å². The molecule has 0 aliphatic heterocycles. The van der Waals surface area contributed by atoms with Gasteiger partial charge in [0.25, 0.3) is 5.91 Å². The number of hydrogen-bond acceptors (Lipinski definition) is 5. The fourth-order valence-corrected chi connectivity index (χ4v) is 3.02. The Hall–Kier alpha value is -3.46. The Morgan fingerprint density at radius 1 is 1.06 bits per heavy atom. The van der Waals surface area contributed by atoms with E-state index in [0.717, 1.165) is 36.8 Å². The fourth-order valence-electron chi connectivity index (χ4n) is 3.02. The number of halogens is 3. The summed E-state index contributed by atoms with van der Waals surface area (Å²) in [6, 6.07) is 13.3. The van der Waals surface area contributed by atoms with E-state index in [1.54, 1.807) is 12.1 Å². The molecule has 3 aromatic rings. The molecular formula is C22H19F3N2O4. The molecule has 1 amide bonds. The van der Waals surface area contributed by atoms with Crippen LogP contribution in [0.5, 0.6) is 0 Å². The molecule has 0 saturated heterocycles. The number of carbonyl (C=O) groups excluding carboxylic acids is 2. The van der Waals surface area contributed by atoms with Crippen molar-refractivity contribution >= 4 is 22.8 Å². The van der Waals surface area contributed by atoms with Crippen molar-refractivity contribution in [2.24, 2.45) is 0 Å². The third-order valence-corrected chi connectivity index (χ3v) is 4.67. The number of nitrogens with one attached hydrogen (secondary N) is 1. The van der Waals surface area contributed by atoms with E-state index < -0.39 is 35.8 Å². The van der Waals surface area contributed by atoms with Gasteiger partial charge in [0.15, 0.2) is 6.10 Å². The van der Waals surface area contributed by atoms with Gasteiger partial charge in [-0.2, -0.15) is 13.2 Å². The smallest absolute Gasteiger partial charge is 0.416 e. The van der Waals surface area contributed by atoms with Gasteiger partial charge in [0.05, 0.1) is 18.2 Å². The molecule has 1 heterocycles. The quantitative estimate of drug-likeness (QED) is 0.584. The Kier molecular flexibility index (Phi) is 6.55. The van der Waals surface area contributed by atoms with Crippen molar-refractivity contribution in [1.29, 1.82) is 0 Å². The highest BCUT2D eigenvalue weighted by Gasteiger charge is 2.31. The Labute approximate surface area is 175 Å². The predicted octanol–water partition coefficient (Wildman–Crippen LogP) is 3.19. The van der Waals surface area contributed by atoms with Crippen LogP contribution in [0.2, 0.25) is 0 Å². The number of aromatic nitrogens is 1. The van der Waals surface area contributed by atoms with Crippen molar-refractivity contribution in [1.82, 2.24) is 10.3 Å². The van der Waals surface area contributed by atoms with Crippen LogP contribution in [0.4, 0.5) is 13.2 Å². The molecule has 0 fully saturated rings. The summed E-state index contributed by atoms with van der Waals surface area (Å²) < 4.78 is 42.8. The van der Waals surface area contributed by atoms with Gasteiger partial charge in [-0.05, 0) is 29.8 Å². The molecule has 0 saturated carbocycles. The summed E-state index contributed by atoms with van der Waals surface area (Å²) in [5.74, 6) is -1.70. The average molecular weight is 432 g/mol. The second-order valence-corrected chi connectivity index (χ2v) is 6.81. The zero-order valence-electron chi connectivity index (χ0n) is 16.4. The minimum atomic E-state index is -4.53. The van der Waals surface area contributed by atoms with Gasteiger partial charge in [-0.15, -0.1) is 0 Å². The number of fused-ring (bicyclic) bond motifs is 1. The molecule has 2 aromatic carbocycles. The number of alkyl halides is 3. The Balaban J connectivity index is 1.75. The number of para-hydroxylation sites is 1. The number of carbonyl (C=O) groups is 2. The fraction of sp³-hybridized carbons (Fsp3) is 0.227. The van der Waals surface area contributed by atoms with E-state index in [0.29, 0.717) is 11.2 Å². The SMILES string of the molecule is COC(=O)[C@H](Cc1ccc2ccccc2n1)NC(=O)[C@H](O)c1ccc(C(F)(F)F)cc1. The van der Waals surface area contributed by atoms with Gasteiger partial charge in [-0.3, -0.25) is 9.78 Å². The summed E-state index contributed by atoms with van der Waals surface area (Å²) in [7, 11) is 1.15. The van der Waals surface area contributed by atoms with E-state index in [1.807, 2.05) is 24.3 Å². The molecule has 2 N–H and O–H groups in total. The summed E-state index contributed by atoms with van der Waals surface area (Å²) in [6.07, 6.45) is -6.30. The van der Waals surface area contributed by atoms with Crippen LogP contribution in [0.15, 0.2) is 60.7 Å². The minimum absolute atomic E-state index is 0.00296. The Bertz CT molecular complexity index is 1080. The lowest BCUT2D eigenvalue weighted by Gasteiger charge is -2.19. The van der Waals surface area contributed by atoms with E-state index in [4.69, 9.17) is 4.74 Å². The average Bonchev–Trinajstić information content (AvgIpc) is 2.77. The maximum Gasteiger partial charge on any atom is 0.416 e. The summed E-state index contributed by atoms with van der Waals surface area (Å²) in [4.78, 5) is 29.1. The van der Waals surface area contributed by atoms with Crippen LogP contribution in [0.25, 0.3) is 10.9 Å². The molecule has 0 aliphatic rings. The predicted molar refractivity (Wildman–Crippen MR) is 106 cm³/mol. The highest BCUT2D eigenvalue weighted by Crippen LogP contribution is 2.30. The number of rotatable bonds is 6. The van der Waals surface area contributed by atoms with Gasteiger partial charge >= 0.3 is 12.1 Å². The molecule has 162 valence electrons. The molecule has 0 unspecified atom stereocenters. The third kappa shape index (κ3) is 5.37. The van der Waals surface area contributed by atoms with Gasteiger partial charge in [0.2, 0.25) is 0 Å². The van der Waals surface area contributed by atoms with Gasteiger partial charge in [-0.1, -0.05) is 36.4 Å². The van der Waals surface area contributed by atoms with Gasteiger partial charge in [-0.25, -0.2) is 4.79 Å². The molecule has 31 heavy (non-hydrogen) atoms. The summed E-state index contributed by atoms with van der Waals surface area (Å²) in [6.45, 7) is 0. The molecule has 3 rings (SSSR count). The van der Waals surface area contributed by atoms with E-state index >= 15 is 0 Å². The second-order valence-electron chi connectivity index (χ2n) is 6.81. The first-order valence-electron chi connectivity index (χ1n) is 9.27. The molecule has 9 heteroatoms. The zero-order chi connectivity index (χ0) is 22.6. The number of amides is 1. The molecule has 2 atom stereocenters. The van der Waals surface area contributed by atoms with Crippen LogP contribution in [0.3, 0.4) is 0 Å². The van der Waals surface area contributed by atoms with Crippen molar-refractivity contribution < 1.29 is 32.6 Å². The monoisotopic (exact) mass is 432 g/mol. The second kappa shape index (κ2) is 9.13. The zero-order valence-corrected chi connectivity index (χ0v) is 16.4. The number of aliphatic hydroxyl groups excluding tert-OH is 1. The molecule has 0 bridgehead atoms. The molecule has 0 aliphatic carbocycles. The maximum atomic E-state index is 12.7. The largest absolute Gasteiger partial charge is 0.467 e. The van der Waals surface area contributed by atoms with Gasteiger partial charge in [0, 0.05) is 17.5 Å².